The summed E-state index contributed by atoms with van der Waals surface area (Å²) >= 11 is 1.42. The van der Waals surface area contributed by atoms with E-state index in [0.29, 0.717) is 28.9 Å². The van der Waals surface area contributed by atoms with Gasteiger partial charge in [-0.25, -0.2) is 4.39 Å². The van der Waals surface area contributed by atoms with Gasteiger partial charge in [-0.05, 0) is 24.0 Å². The van der Waals surface area contributed by atoms with Crippen LogP contribution in [0.3, 0.4) is 0 Å². The summed E-state index contributed by atoms with van der Waals surface area (Å²) in [6.07, 6.45) is 0.492. The van der Waals surface area contributed by atoms with Crippen LogP contribution in [-0.4, -0.2) is 42.7 Å². The standard InChI is InChI=1S/C15H19FN2OS.ClH/c16-13-3-1-2-4-14(13)20-6-5-15(19)18-9-11-7-17-8-12(11)10-18;/h1-4,11-12,17H,5-10H2;1H/t11-,12+;. The lowest BCUT2D eigenvalue weighted by Crippen LogP contribution is -2.32. The van der Waals surface area contributed by atoms with E-state index >= 15 is 0 Å². The van der Waals surface area contributed by atoms with E-state index in [2.05, 4.69) is 5.32 Å². The number of likely N-dealkylation sites (tertiary alicyclic amines) is 1. The maximum absolute atomic E-state index is 13.4. The summed E-state index contributed by atoms with van der Waals surface area (Å²) in [6.45, 7) is 3.86. The van der Waals surface area contributed by atoms with E-state index in [1.54, 1.807) is 12.1 Å². The Balaban J connectivity index is 0.00000161. The number of amides is 1. The van der Waals surface area contributed by atoms with Gasteiger partial charge < -0.3 is 10.2 Å². The molecule has 2 fully saturated rings. The molecule has 0 spiro atoms. The molecule has 116 valence electrons. The second kappa shape index (κ2) is 7.47. The van der Waals surface area contributed by atoms with Gasteiger partial charge in [-0.15, -0.1) is 24.2 Å². The van der Waals surface area contributed by atoms with E-state index in [-0.39, 0.29) is 24.1 Å². The predicted molar refractivity (Wildman–Crippen MR) is 85.4 cm³/mol. The number of rotatable bonds is 4. The Bertz CT molecular complexity index is 490. The number of carbonyl (C=O) groups is 1. The molecule has 1 N–H and O–H groups in total. The largest absolute Gasteiger partial charge is 0.342 e. The van der Waals surface area contributed by atoms with Crippen molar-refractivity contribution < 1.29 is 9.18 Å². The van der Waals surface area contributed by atoms with Gasteiger partial charge in [0.05, 0.1) is 0 Å². The van der Waals surface area contributed by atoms with Gasteiger partial charge in [0.1, 0.15) is 5.82 Å². The minimum absolute atomic E-state index is 0. The van der Waals surface area contributed by atoms with Crippen molar-refractivity contribution in [3.05, 3.63) is 30.1 Å². The highest BCUT2D eigenvalue weighted by molar-refractivity contribution is 7.99. The quantitative estimate of drug-likeness (QED) is 0.860. The number of fused-ring (bicyclic) bond motifs is 1. The van der Waals surface area contributed by atoms with Crippen molar-refractivity contribution in [2.45, 2.75) is 11.3 Å². The fraction of sp³-hybridized carbons (Fsp3) is 0.533. The molecule has 0 aromatic heterocycles. The van der Waals surface area contributed by atoms with E-state index < -0.39 is 0 Å². The van der Waals surface area contributed by atoms with Gasteiger partial charge in [-0.2, -0.15) is 0 Å². The Morgan fingerprint density at radius 1 is 1.29 bits per heavy atom. The molecule has 0 unspecified atom stereocenters. The maximum atomic E-state index is 13.4. The van der Waals surface area contributed by atoms with E-state index in [0.717, 1.165) is 26.2 Å². The number of thioether (sulfide) groups is 1. The third kappa shape index (κ3) is 3.90. The average molecular weight is 331 g/mol. The fourth-order valence-corrected chi connectivity index (χ4v) is 3.90. The summed E-state index contributed by atoms with van der Waals surface area (Å²) < 4.78 is 13.4. The SMILES string of the molecule is Cl.O=C(CCSc1ccccc1F)N1C[C@H]2CNC[C@H]2C1. The molecule has 2 atom stereocenters. The third-order valence-corrected chi connectivity index (χ3v) is 5.20. The molecule has 0 radical (unpaired) electrons. The van der Waals surface area contributed by atoms with Gasteiger partial charge in [-0.3, -0.25) is 4.79 Å². The van der Waals surface area contributed by atoms with Crippen molar-refractivity contribution >= 4 is 30.1 Å². The molecule has 2 saturated heterocycles. The lowest BCUT2D eigenvalue weighted by atomic mass is 10.0. The highest BCUT2D eigenvalue weighted by Gasteiger charge is 2.37. The average Bonchev–Trinajstić information content (AvgIpc) is 3.01. The van der Waals surface area contributed by atoms with Crippen LogP contribution >= 0.6 is 24.2 Å². The van der Waals surface area contributed by atoms with E-state index in [4.69, 9.17) is 0 Å². The number of benzene rings is 1. The Morgan fingerprint density at radius 2 is 1.95 bits per heavy atom. The molecular formula is C15H20ClFN2OS. The van der Waals surface area contributed by atoms with Crippen LogP contribution in [0.25, 0.3) is 0 Å². The van der Waals surface area contributed by atoms with Crippen molar-refractivity contribution in [3.63, 3.8) is 0 Å². The van der Waals surface area contributed by atoms with Crippen LogP contribution in [0.15, 0.2) is 29.2 Å². The first-order valence-electron chi connectivity index (χ1n) is 7.10. The van der Waals surface area contributed by atoms with Crippen molar-refractivity contribution in [2.24, 2.45) is 11.8 Å². The Kier molecular flexibility index (Phi) is 5.90. The van der Waals surface area contributed by atoms with E-state index in [9.17, 15) is 9.18 Å². The van der Waals surface area contributed by atoms with Gasteiger partial charge in [0.25, 0.3) is 0 Å². The van der Waals surface area contributed by atoms with Gasteiger partial charge in [0, 0.05) is 43.2 Å². The first kappa shape index (κ1) is 16.6. The van der Waals surface area contributed by atoms with Crippen molar-refractivity contribution in [3.8, 4) is 0 Å². The zero-order valence-electron chi connectivity index (χ0n) is 11.8. The molecule has 1 aromatic carbocycles. The Morgan fingerprint density at radius 3 is 2.62 bits per heavy atom. The number of carbonyl (C=O) groups excluding carboxylic acids is 1. The van der Waals surface area contributed by atoms with Gasteiger partial charge in [0.15, 0.2) is 0 Å². The molecule has 0 saturated carbocycles. The van der Waals surface area contributed by atoms with Crippen LogP contribution in [0.2, 0.25) is 0 Å². The summed E-state index contributed by atoms with van der Waals surface area (Å²) in [5.41, 5.74) is 0. The van der Waals surface area contributed by atoms with Crippen LogP contribution in [0.1, 0.15) is 6.42 Å². The monoisotopic (exact) mass is 330 g/mol. The zero-order chi connectivity index (χ0) is 13.9. The molecule has 2 aliphatic rings. The van der Waals surface area contributed by atoms with E-state index in [1.807, 2.05) is 11.0 Å². The minimum atomic E-state index is -0.202. The maximum Gasteiger partial charge on any atom is 0.223 e. The molecule has 0 aliphatic carbocycles. The molecule has 21 heavy (non-hydrogen) atoms. The molecule has 3 rings (SSSR count). The summed E-state index contributed by atoms with van der Waals surface area (Å²) in [7, 11) is 0. The Hall–Kier alpha value is -0.780. The number of halogens is 2. The van der Waals surface area contributed by atoms with Crippen LogP contribution in [0, 0.1) is 17.7 Å². The number of hydrogen-bond donors (Lipinski definition) is 1. The highest BCUT2D eigenvalue weighted by atomic mass is 35.5. The normalized spacial score (nSPS) is 23.8. The van der Waals surface area contributed by atoms with Crippen molar-refractivity contribution in [1.82, 2.24) is 10.2 Å². The van der Waals surface area contributed by atoms with Gasteiger partial charge in [-0.1, -0.05) is 12.1 Å². The summed E-state index contributed by atoms with van der Waals surface area (Å²) in [5, 5.41) is 3.37. The predicted octanol–water partition coefficient (Wildman–Crippen LogP) is 2.41. The van der Waals surface area contributed by atoms with Crippen molar-refractivity contribution in [1.29, 1.82) is 0 Å². The topological polar surface area (TPSA) is 32.3 Å². The summed E-state index contributed by atoms with van der Waals surface area (Å²) in [4.78, 5) is 14.8. The molecular weight excluding hydrogens is 311 g/mol. The molecule has 2 aliphatic heterocycles. The summed E-state index contributed by atoms with van der Waals surface area (Å²) in [5.74, 6) is 1.93. The number of nitrogens with one attached hydrogen (secondary N) is 1. The van der Waals surface area contributed by atoms with Crippen LogP contribution < -0.4 is 5.32 Å². The van der Waals surface area contributed by atoms with Crippen LogP contribution in [0.4, 0.5) is 4.39 Å². The number of hydrogen-bond acceptors (Lipinski definition) is 3. The molecule has 6 heteroatoms. The minimum Gasteiger partial charge on any atom is -0.342 e. The second-order valence-electron chi connectivity index (χ2n) is 5.51. The zero-order valence-corrected chi connectivity index (χ0v) is 13.4. The lowest BCUT2D eigenvalue weighted by molar-refractivity contribution is -0.129. The highest BCUT2D eigenvalue weighted by Crippen LogP contribution is 2.27. The smallest absolute Gasteiger partial charge is 0.223 e. The van der Waals surface area contributed by atoms with Gasteiger partial charge >= 0.3 is 0 Å². The number of nitrogens with zero attached hydrogens (tertiary/aromatic N) is 1. The molecule has 2 heterocycles. The lowest BCUT2D eigenvalue weighted by Gasteiger charge is -2.17. The van der Waals surface area contributed by atoms with Crippen LogP contribution in [0.5, 0.6) is 0 Å². The van der Waals surface area contributed by atoms with Crippen molar-refractivity contribution in [2.75, 3.05) is 31.9 Å². The molecule has 1 aromatic rings. The third-order valence-electron chi connectivity index (χ3n) is 4.15. The van der Waals surface area contributed by atoms with Gasteiger partial charge in [0.2, 0.25) is 5.91 Å². The first-order chi connectivity index (χ1) is 9.74. The molecule has 3 nitrogen and oxygen atoms in total. The Labute approximate surface area is 135 Å². The first-order valence-corrected chi connectivity index (χ1v) is 8.08. The fourth-order valence-electron chi connectivity index (χ4n) is 3.03. The van der Waals surface area contributed by atoms with Crippen LogP contribution in [-0.2, 0) is 4.79 Å². The summed E-state index contributed by atoms with van der Waals surface area (Å²) in [6, 6.07) is 6.72. The molecule has 0 bridgehead atoms. The second-order valence-corrected chi connectivity index (χ2v) is 6.64. The van der Waals surface area contributed by atoms with E-state index in [1.165, 1.54) is 17.8 Å². The molecule has 1 amide bonds.